The van der Waals surface area contributed by atoms with E-state index in [2.05, 4.69) is 26.3 Å². The van der Waals surface area contributed by atoms with Crippen LogP contribution in [0, 0.1) is 11.3 Å². The second-order valence-corrected chi connectivity index (χ2v) is 3.87. The van der Waals surface area contributed by atoms with Crippen LogP contribution < -0.4 is 5.32 Å². The van der Waals surface area contributed by atoms with Gasteiger partial charge >= 0.3 is 0 Å². The minimum Gasteiger partial charge on any atom is -0.372 e. The molecule has 1 aliphatic rings. The lowest BCUT2D eigenvalue weighted by molar-refractivity contribution is -0.00315. The van der Waals surface area contributed by atoms with Crippen molar-refractivity contribution in [1.82, 2.24) is 14.9 Å². The fourth-order valence-corrected chi connectivity index (χ4v) is 1.72. The lowest BCUT2D eigenvalue weighted by atomic mass is 10.3. The van der Waals surface area contributed by atoms with Crippen LogP contribution in [0.3, 0.4) is 0 Å². The van der Waals surface area contributed by atoms with Gasteiger partial charge in [0.2, 0.25) is 0 Å². The molecule has 0 amide bonds. The third-order valence-electron chi connectivity index (χ3n) is 2.64. The largest absolute Gasteiger partial charge is 0.372 e. The van der Waals surface area contributed by atoms with E-state index < -0.39 is 0 Å². The van der Waals surface area contributed by atoms with E-state index in [1.807, 2.05) is 7.05 Å². The number of morpholine rings is 1. The number of nitrogens with zero attached hydrogens (tertiary/aromatic N) is 4. The van der Waals surface area contributed by atoms with Crippen molar-refractivity contribution in [2.75, 3.05) is 32.1 Å². The number of rotatable bonds is 3. The first-order valence-electron chi connectivity index (χ1n) is 5.54. The van der Waals surface area contributed by atoms with Crippen molar-refractivity contribution in [2.24, 2.45) is 0 Å². The average Bonchev–Trinajstić information content (AvgIpc) is 2.40. The lowest BCUT2D eigenvalue weighted by Gasteiger charge is -2.29. The van der Waals surface area contributed by atoms with Crippen LogP contribution >= 0.6 is 0 Å². The molecule has 1 unspecified atom stereocenters. The van der Waals surface area contributed by atoms with E-state index in [9.17, 15) is 0 Å². The Labute approximate surface area is 100 Å². The normalized spacial score (nSPS) is 20.8. The van der Waals surface area contributed by atoms with Crippen LogP contribution in [0.25, 0.3) is 0 Å². The molecule has 0 aliphatic carbocycles. The highest BCUT2D eigenvalue weighted by Gasteiger charge is 2.20. The maximum Gasteiger partial charge on any atom is 0.156 e. The highest BCUT2D eigenvalue weighted by Crippen LogP contribution is 2.08. The molecule has 1 aromatic rings. The minimum atomic E-state index is -0.326. The highest BCUT2D eigenvalue weighted by atomic mass is 16.5. The molecule has 17 heavy (non-hydrogen) atoms. The summed E-state index contributed by atoms with van der Waals surface area (Å²) < 4.78 is 5.28. The molecule has 6 heteroatoms. The molecule has 6 nitrogen and oxygen atoms in total. The Hall–Kier alpha value is -1.71. The van der Waals surface area contributed by atoms with Crippen LogP contribution in [0.4, 0.5) is 5.82 Å². The molecule has 1 atom stereocenters. The Morgan fingerprint density at radius 2 is 2.47 bits per heavy atom. The zero-order chi connectivity index (χ0) is 12.1. The van der Waals surface area contributed by atoms with E-state index in [-0.39, 0.29) is 6.10 Å². The highest BCUT2D eigenvalue weighted by molar-refractivity contribution is 5.29. The van der Waals surface area contributed by atoms with Gasteiger partial charge < -0.3 is 10.1 Å². The predicted molar refractivity (Wildman–Crippen MR) is 62.2 cm³/mol. The first kappa shape index (κ1) is 11.8. The monoisotopic (exact) mass is 233 g/mol. The lowest BCUT2D eigenvalue weighted by Crippen LogP contribution is -2.41. The van der Waals surface area contributed by atoms with Crippen molar-refractivity contribution >= 4 is 5.82 Å². The number of anilines is 1. The van der Waals surface area contributed by atoms with Gasteiger partial charge in [-0.3, -0.25) is 9.88 Å². The van der Waals surface area contributed by atoms with Crippen LogP contribution in [0.2, 0.25) is 0 Å². The number of aromatic nitrogens is 2. The van der Waals surface area contributed by atoms with Crippen molar-refractivity contribution in [3.63, 3.8) is 0 Å². The molecule has 0 radical (unpaired) electrons. The van der Waals surface area contributed by atoms with Gasteiger partial charge in [0, 0.05) is 26.7 Å². The summed E-state index contributed by atoms with van der Waals surface area (Å²) in [4.78, 5) is 10.7. The van der Waals surface area contributed by atoms with Crippen LogP contribution in [0.15, 0.2) is 12.4 Å². The predicted octanol–water partition coefficient (Wildman–Crippen LogP) is 0.243. The average molecular weight is 233 g/mol. The summed E-state index contributed by atoms with van der Waals surface area (Å²) in [6.45, 7) is 2.76. The zero-order valence-electron chi connectivity index (χ0n) is 9.76. The topological polar surface area (TPSA) is 74.1 Å². The summed E-state index contributed by atoms with van der Waals surface area (Å²) in [6.07, 6.45) is 3.13. The minimum absolute atomic E-state index is 0.326. The van der Waals surface area contributed by atoms with E-state index in [0.29, 0.717) is 19.7 Å². The Morgan fingerprint density at radius 3 is 3.12 bits per heavy atom. The van der Waals surface area contributed by atoms with Crippen molar-refractivity contribution in [3.05, 3.63) is 18.1 Å². The molecule has 0 aromatic carbocycles. The Bertz CT molecular complexity index is 399. The van der Waals surface area contributed by atoms with Gasteiger partial charge in [0.05, 0.1) is 30.8 Å². The van der Waals surface area contributed by atoms with Gasteiger partial charge in [-0.05, 0) is 0 Å². The Morgan fingerprint density at radius 1 is 1.59 bits per heavy atom. The van der Waals surface area contributed by atoms with Crippen molar-refractivity contribution in [2.45, 2.75) is 12.6 Å². The molecule has 1 saturated heterocycles. The van der Waals surface area contributed by atoms with E-state index in [0.717, 1.165) is 18.1 Å². The zero-order valence-corrected chi connectivity index (χ0v) is 9.76. The molecule has 1 aromatic heterocycles. The van der Waals surface area contributed by atoms with Crippen molar-refractivity contribution < 1.29 is 4.74 Å². The first-order chi connectivity index (χ1) is 8.31. The molecule has 1 fully saturated rings. The molecule has 1 aliphatic heterocycles. The van der Waals surface area contributed by atoms with Gasteiger partial charge in [-0.25, -0.2) is 4.98 Å². The van der Waals surface area contributed by atoms with Gasteiger partial charge in [-0.2, -0.15) is 5.26 Å². The van der Waals surface area contributed by atoms with Crippen LogP contribution in [0.1, 0.15) is 5.69 Å². The molecular formula is C11H15N5O. The van der Waals surface area contributed by atoms with Gasteiger partial charge in [-0.1, -0.05) is 0 Å². The molecule has 2 rings (SSSR count). The number of nitriles is 1. The van der Waals surface area contributed by atoms with E-state index >= 15 is 0 Å². The fraction of sp³-hybridized carbons (Fsp3) is 0.545. The van der Waals surface area contributed by atoms with Gasteiger partial charge in [0.1, 0.15) is 5.82 Å². The second kappa shape index (κ2) is 5.57. The Kier molecular flexibility index (Phi) is 3.85. The van der Waals surface area contributed by atoms with Crippen LogP contribution in [-0.4, -0.2) is 47.7 Å². The Balaban J connectivity index is 1.93. The quantitative estimate of drug-likeness (QED) is 0.806. The van der Waals surface area contributed by atoms with Gasteiger partial charge in [0.15, 0.2) is 6.10 Å². The molecular weight excluding hydrogens is 218 g/mol. The molecule has 0 bridgehead atoms. The van der Waals surface area contributed by atoms with Crippen LogP contribution in [0.5, 0.6) is 0 Å². The van der Waals surface area contributed by atoms with E-state index in [1.54, 1.807) is 12.4 Å². The number of nitrogens with one attached hydrogen (secondary N) is 1. The summed E-state index contributed by atoms with van der Waals surface area (Å²) >= 11 is 0. The maximum absolute atomic E-state index is 8.81. The molecule has 0 saturated carbocycles. The van der Waals surface area contributed by atoms with Crippen LogP contribution in [-0.2, 0) is 11.3 Å². The third kappa shape index (κ3) is 3.12. The van der Waals surface area contributed by atoms with Gasteiger partial charge in [-0.15, -0.1) is 0 Å². The van der Waals surface area contributed by atoms with E-state index in [1.165, 1.54) is 0 Å². The maximum atomic E-state index is 8.81. The number of ether oxygens (including phenoxy) is 1. The van der Waals surface area contributed by atoms with Crippen molar-refractivity contribution in [1.29, 1.82) is 5.26 Å². The molecule has 2 heterocycles. The third-order valence-corrected chi connectivity index (χ3v) is 2.64. The second-order valence-electron chi connectivity index (χ2n) is 3.87. The standard InChI is InChI=1S/C11H15N5O/c1-13-11-6-14-9(5-15-11)7-16-2-3-17-10(4-12)8-16/h5-6,10H,2-3,7-8H2,1H3,(H,13,15). The molecule has 90 valence electrons. The SMILES string of the molecule is CNc1cnc(CN2CCOC(C#N)C2)cn1. The smallest absolute Gasteiger partial charge is 0.156 e. The van der Waals surface area contributed by atoms with Gasteiger partial charge in [0.25, 0.3) is 0 Å². The summed E-state index contributed by atoms with van der Waals surface area (Å²) in [5.41, 5.74) is 0.905. The first-order valence-corrected chi connectivity index (χ1v) is 5.54. The molecule has 1 N–H and O–H groups in total. The van der Waals surface area contributed by atoms with Crippen molar-refractivity contribution in [3.8, 4) is 6.07 Å². The summed E-state index contributed by atoms with van der Waals surface area (Å²) in [5.74, 6) is 0.755. The van der Waals surface area contributed by atoms with E-state index in [4.69, 9.17) is 10.00 Å². The summed E-state index contributed by atoms with van der Waals surface area (Å²) in [6, 6.07) is 2.13. The summed E-state index contributed by atoms with van der Waals surface area (Å²) in [7, 11) is 1.81. The molecule has 0 spiro atoms. The summed E-state index contributed by atoms with van der Waals surface area (Å²) in [5, 5.41) is 11.7. The fourth-order valence-electron chi connectivity index (χ4n) is 1.72. The number of hydrogen-bond acceptors (Lipinski definition) is 6. The number of hydrogen-bond donors (Lipinski definition) is 1.